The third kappa shape index (κ3) is 4.55. The lowest BCUT2D eigenvalue weighted by Gasteiger charge is -2.40. The van der Waals surface area contributed by atoms with Gasteiger partial charge in [0, 0.05) is 24.7 Å². The molecule has 2 heteroatoms. The summed E-state index contributed by atoms with van der Waals surface area (Å²) < 4.78 is 0. The molecule has 1 heterocycles. The van der Waals surface area contributed by atoms with Crippen LogP contribution in [0.1, 0.15) is 67.2 Å². The lowest BCUT2D eigenvalue weighted by atomic mass is 9.83. The van der Waals surface area contributed by atoms with Gasteiger partial charge in [-0.2, -0.15) is 0 Å². The van der Waals surface area contributed by atoms with Gasteiger partial charge in [-0.15, -0.1) is 0 Å². The van der Waals surface area contributed by atoms with Gasteiger partial charge in [0.1, 0.15) is 0 Å². The summed E-state index contributed by atoms with van der Waals surface area (Å²) in [6.45, 7) is 17.7. The molecule has 0 bridgehead atoms. The van der Waals surface area contributed by atoms with Crippen LogP contribution in [-0.4, -0.2) is 36.1 Å². The summed E-state index contributed by atoms with van der Waals surface area (Å²) >= 11 is 0. The Balaban J connectivity index is 2.60. The van der Waals surface area contributed by atoms with Crippen LogP contribution in [0.15, 0.2) is 0 Å². The van der Waals surface area contributed by atoms with E-state index in [2.05, 4.69) is 51.8 Å². The van der Waals surface area contributed by atoms with E-state index in [1.165, 1.54) is 38.8 Å². The predicted molar refractivity (Wildman–Crippen MR) is 81.0 cm³/mol. The zero-order chi connectivity index (χ0) is 13.8. The van der Waals surface area contributed by atoms with Crippen molar-refractivity contribution in [2.24, 2.45) is 5.41 Å². The summed E-state index contributed by atoms with van der Waals surface area (Å²) in [6, 6.07) is 0.591. The smallest absolute Gasteiger partial charge is 0.0153 e. The van der Waals surface area contributed by atoms with E-state index in [0.29, 0.717) is 17.0 Å². The van der Waals surface area contributed by atoms with Gasteiger partial charge in [0.25, 0.3) is 0 Å². The molecule has 1 N–H and O–H groups in total. The molecule has 1 aliphatic rings. The summed E-state index contributed by atoms with van der Waals surface area (Å²) in [5, 5.41) is 3.65. The molecule has 1 rings (SSSR count). The van der Waals surface area contributed by atoms with Gasteiger partial charge in [-0.3, -0.25) is 4.90 Å². The summed E-state index contributed by atoms with van der Waals surface area (Å²) in [4.78, 5) is 2.71. The molecule has 0 spiro atoms. The first-order valence-corrected chi connectivity index (χ1v) is 7.77. The van der Waals surface area contributed by atoms with Gasteiger partial charge in [-0.05, 0) is 45.1 Å². The fourth-order valence-electron chi connectivity index (χ4n) is 3.19. The van der Waals surface area contributed by atoms with Gasteiger partial charge < -0.3 is 5.32 Å². The Morgan fingerprint density at radius 3 is 2.44 bits per heavy atom. The number of rotatable bonds is 7. The van der Waals surface area contributed by atoms with E-state index >= 15 is 0 Å². The van der Waals surface area contributed by atoms with Crippen LogP contribution in [0, 0.1) is 5.41 Å². The Labute approximate surface area is 115 Å². The van der Waals surface area contributed by atoms with E-state index in [1.807, 2.05) is 0 Å². The molecule has 108 valence electrons. The van der Waals surface area contributed by atoms with Crippen LogP contribution < -0.4 is 5.32 Å². The van der Waals surface area contributed by atoms with Crippen LogP contribution in [-0.2, 0) is 0 Å². The minimum atomic E-state index is 0.410. The van der Waals surface area contributed by atoms with Crippen LogP contribution in [0.25, 0.3) is 0 Å². The topological polar surface area (TPSA) is 15.3 Å². The summed E-state index contributed by atoms with van der Waals surface area (Å²) in [5.41, 5.74) is 0.827. The van der Waals surface area contributed by atoms with Gasteiger partial charge >= 0.3 is 0 Å². The maximum atomic E-state index is 3.65. The number of nitrogens with one attached hydrogen (secondary N) is 1. The SMILES string of the molecule is CCCC(C)(CNC(C)C)CN1CCCC1(C)C. The van der Waals surface area contributed by atoms with Crippen LogP contribution in [0.5, 0.6) is 0 Å². The minimum absolute atomic E-state index is 0.410. The Kier molecular flexibility index (Phi) is 5.67. The quantitative estimate of drug-likeness (QED) is 0.746. The van der Waals surface area contributed by atoms with Crippen molar-refractivity contribution in [1.29, 1.82) is 0 Å². The Hall–Kier alpha value is -0.0800. The van der Waals surface area contributed by atoms with Gasteiger partial charge in [0.2, 0.25) is 0 Å². The highest BCUT2D eigenvalue weighted by atomic mass is 15.2. The van der Waals surface area contributed by atoms with E-state index in [-0.39, 0.29) is 0 Å². The lowest BCUT2D eigenvalue weighted by molar-refractivity contribution is 0.0954. The Morgan fingerprint density at radius 1 is 1.33 bits per heavy atom. The van der Waals surface area contributed by atoms with Crippen molar-refractivity contribution in [2.75, 3.05) is 19.6 Å². The molecule has 0 amide bonds. The first-order valence-electron chi connectivity index (χ1n) is 7.77. The largest absolute Gasteiger partial charge is 0.314 e. The number of hydrogen-bond acceptors (Lipinski definition) is 2. The maximum Gasteiger partial charge on any atom is 0.0153 e. The molecule has 0 aromatic carbocycles. The fourth-order valence-corrected chi connectivity index (χ4v) is 3.19. The monoisotopic (exact) mass is 254 g/mol. The number of likely N-dealkylation sites (tertiary alicyclic amines) is 1. The van der Waals surface area contributed by atoms with Crippen LogP contribution in [0.2, 0.25) is 0 Å². The molecular weight excluding hydrogens is 220 g/mol. The zero-order valence-electron chi connectivity index (χ0n) is 13.5. The van der Waals surface area contributed by atoms with Crippen LogP contribution in [0.4, 0.5) is 0 Å². The van der Waals surface area contributed by atoms with Crippen molar-refractivity contribution in [3.05, 3.63) is 0 Å². The third-order valence-electron chi connectivity index (χ3n) is 4.44. The second-order valence-corrected chi connectivity index (χ2v) is 7.43. The average molecular weight is 254 g/mol. The normalized spacial score (nSPS) is 23.5. The van der Waals surface area contributed by atoms with E-state index in [0.717, 1.165) is 6.54 Å². The standard InChI is InChI=1S/C16H34N2/c1-7-9-16(6,12-17-14(2)3)13-18-11-8-10-15(18,4)5/h14,17H,7-13H2,1-6H3. The average Bonchev–Trinajstić information content (AvgIpc) is 2.56. The number of nitrogens with zero attached hydrogens (tertiary/aromatic N) is 1. The molecule has 0 aliphatic carbocycles. The molecule has 1 aliphatic heterocycles. The molecule has 1 saturated heterocycles. The molecule has 0 radical (unpaired) electrons. The highest BCUT2D eigenvalue weighted by molar-refractivity contribution is 4.92. The molecule has 1 unspecified atom stereocenters. The van der Waals surface area contributed by atoms with Crippen molar-refractivity contribution in [1.82, 2.24) is 10.2 Å². The molecule has 18 heavy (non-hydrogen) atoms. The first-order chi connectivity index (χ1) is 8.29. The Bertz CT molecular complexity index is 247. The second-order valence-electron chi connectivity index (χ2n) is 7.43. The van der Waals surface area contributed by atoms with Crippen LogP contribution >= 0.6 is 0 Å². The van der Waals surface area contributed by atoms with Crippen molar-refractivity contribution in [2.45, 2.75) is 78.8 Å². The van der Waals surface area contributed by atoms with E-state index in [1.54, 1.807) is 0 Å². The van der Waals surface area contributed by atoms with Gasteiger partial charge in [-0.1, -0.05) is 34.1 Å². The molecule has 2 nitrogen and oxygen atoms in total. The molecule has 1 fully saturated rings. The second kappa shape index (κ2) is 6.38. The molecular formula is C16H34N2. The lowest BCUT2D eigenvalue weighted by Crippen LogP contribution is -2.48. The number of hydrogen-bond donors (Lipinski definition) is 1. The molecule has 0 aromatic rings. The summed E-state index contributed by atoms with van der Waals surface area (Å²) in [7, 11) is 0. The molecule has 1 atom stereocenters. The van der Waals surface area contributed by atoms with E-state index in [4.69, 9.17) is 0 Å². The summed E-state index contributed by atoms with van der Waals surface area (Å²) in [6.07, 6.45) is 5.32. The minimum Gasteiger partial charge on any atom is -0.314 e. The van der Waals surface area contributed by atoms with Crippen molar-refractivity contribution < 1.29 is 0 Å². The van der Waals surface area contributed by atoms with Crippen LogP contribution in [0.3, 0.4) is 0 Å². The third-order valence-corrected chi connectivity index (χ3v) is 4.44. The van der Waals surface area contributed by atoms with Gasteiger partial charge in [0.15, 0.2) is 0 Å². The maximum absolute atomic E-state index is 3.65. The highest BCUT2D eigenvalue weighted by Gasteiger charge is 2.36. The molecule has 0 saturated carbocycles. The van der Waals surface area contributed by atoms with Crippen molar-refractivity contribution >= 4 is 0 Å². The van der Waals surface area contributed by atoms with Gasteiger partial charge in [-0.25, -0.2) is 0 Å². The van der Waals surface area contributed by atoms with Crippen molar-refractivity contribution in [3.8, 4) is 0 Å². The van der Waals surface area contributed by atoms with E-state index < -0.39 is 0 Å². The highest BCUT2D eigenvalue weighted by Crippen LogP contribution is 2.33. The van der Waals surface area contributed by atoms with Gasteiger partial charge in [0.05, 0.1) is 0 Å². The Morgan fingerprint density at radius 2 is 2.00 bits per heavy atom. The van der Waals surface area contributed by atoms with E-state index in [9.17, 15) is 0 Å². The predicted octanol–water partition coefficient (Wildman–Crippen LogP) is 3.67. The first kappa shape index (κ1) is 16.0. The van der Waals surface area contributed by atoms with Crippen molar-refractivity contribution in [3.63, 3.8) is 0 Å². The summed E-state index contributed by atoms with van der Waals surface area (Å²) in [5.74, 6) is 0. The fraction of sp³-hybridized carbons (Fsp3) is 1.00. The molecule has 0 aromatic heterocycles. The zero-order valence-corrected chi connectivity index (χ0v) is 13.5.